The van der Waals surface area contributed by atoms with Gasteiger partial charge in [0.2, 0.25) is 0 Å². The van der Waals surface area contributed by atoms with E-state index in [1.807, 2.05) is 35.7 Å². The van der Waals surface area contributed by atoms with Gasteiger partial charge < -0.3 is 0 Å². The van der Waals surface area contributed by atoms with Crippen LogP contribution in [-0.2, 0) is 12.7 Å². The molecule has 3 nitrogen and oxygen atoms in total. The van der Waals surface area contributed by atoms with Crippen LogP contribution in [0.2, 0.25) is 0 Å². The summed E-state index contributed by atoms with van der Waals surface area (Å²) >= 11 is 1.37. The summed E-state index contributed by atoms with van der Waals surface area (Å²) in [6.45, 7) is 0.0236. The average Bonchev–Trinajstić information content (AvgIpc) is 3.09. The molecule has 0 amide bonds. The van der Waals surface area contributed by atoms with E-state index >= 15 is 0 Å². The molecule has 0 unspecified atom stereocenters. The number of rotatable bonds is 3. The fraction of sp³-hybridized carbons (Fsp3) is 0.100. The van der Waals surface area contributed by atoms with E-state index in [4.69, 9.17) is 0 Å². The van der Waals surface area contributed by atoms with E-state index in [0.717, 1.165) is 23.3 Å². The molecule has 0 aliphatic carbocycles. The van der Waals surface area contributed by atoms with Gasteiger partial charge in [0.05, 0.1) is 23.8 Å². The molecular formula is C20H13F3N2OS. The Morgan fingerprint density at radius 1 is 1.04 bits per heavy atom. The minimum atomic E-state index is -4.42. The number of halogens is 3. The van der Waals surface area contributed by atoms with E-state index in [0.29, 0.717) is 15.8 Å². The largest absolute Gasteiger partial charge is 0.416 e. The van der Waals surface area contributed by atoms with Gasteiger partial charge in [-0.05, 0) is 23.3 Å². The molecule has 0 aliphatic heterocycles. The van der Waals surface area contributed by atoms with Crippen molar-refractivity contribution in [3.63, 3.8) is 0 Å². The van der Waals surface area contributed by atoms with Crippen molar-refractivity contribution in [2.45, 2.75) is 12.7 Å². The standard InChI is InChI=1S/C20H13F3N2OS/c21-20(22,23)15-8-4-5-13(9-15)10-25-12-24-18-17(19(25)26)16(11-27-18)14-6-2-1-3-7-14/h1-9,11-12H,10H2. The van der Waals surface area contributed by atoms with Crippen LogP contribution in [-0.4, -0.2) is 9.55 Å². The summed E-state index contributed by atoms with van der Waals surface area (Å²) in [6.07, 6.45) is -3.03. The van der Waals surface area contributed by atoms with Crippen LogP contribution in [0.4, 0.5) is 13.2 Å². The van der Waals surface area contributed by atoms with Crippen LogP contribution in [0.5, 0.6) is 0 Å². The molecule has 2 heterocycles. The summed E-state index contributed by atoms with van der Waals surface area (Å²) in [5.74, 6) is 0. The second kappa shape index (κ2) is 6.66. The van der Waals surface area contributed by atoms with Crippen molar-refractivity contribution in [2.24, 2.45) is 0 Å². The molecular weight excluding hydrogens is 373 g/mol. The molecule has 4 rings (SSSR count). The Balaban J connectivity index is 1.78. The molecule has 0 spiro atoms. The number of thiophene rings is 1. The molecule has 0 saturated carbocycles. The molecule has 7 heteroatoms. The lowest BCUT2D eigenvalue weighted by molar-refractivity contribution is -0.137. The zero-order chi connectivity index (χ0) is 19.0. The zero-order valence-corrected chi connectivity index (χ0v) is 14.7. The summed E-state index contributed by atoms with van der Waals surface area (Å²) in [5, 5.41) is 2.36. The Bertz CT molecular complexity index is 1160. The maximum atomic E-state index is 13.0. The number of fused-ring (bicyclic) bond motifs is 1. The third kappa shape index (κ3) is 3.38. The normalized spacial score (nSPS) is 11.8. The highest BCUT2D eigenvalue weighted by molar-refractivity contribution is 7.17. The van der Waals surface area contributed by atoms with Gasteiger partial charge in [-0.3, -0.25) is 9.36 Å². The fourth-order valence-corrected chi connectivity index (χ4v) is 3.86. The Kier molecular flexibility index (Phi) is 4.31. The van der Waals surface area contributed by atoms with Crippen molar-refractivity contribution in [3.8, 4) is 11.1 Å². The Morgan fingerprint density at radius 3 is 2.56 bits per heavy atom. The highest BCUT2D eigenvalue weighted by Gasteiger charge is 2.30. The van der Waals surface area contributed by atoms with Gasteiger partial charge in [-0.15, -0.1) is 11.3 Å². The van der Waals surface area contributed by atoms with Gasteiger partial charge in [0, 0.05) is 10.9 Å². The van der Waals surface area contributed by atoms with Crippen molar-refractivity contribution < 1.29 is 13.2 Å². The predicted octanol–water partition coefficient (Wildman–Crippen LogP) is 5.19. The zero-order valence-electron chi connectivity index (χ0n) is 13.9. The Hall–Kier alpha value is -2.93. The van der Waals surface area contributed by atoms with Gasteiger partial charge in [0.1, 0.15) is 4.83 Å². The van der Waals surface area contributed by atoms with E-state index in [1.165, 1.54) is 28.3 Å². The molecule has 0 atom stereocenters. The second-order valence-electron chi connectivity index (χ2n) is 6.07. The first-order valence-electron chi connectivity index (χ1n) is 8.12. The highest BCUT2D eigenvalue weighted by atomic mass is 32.1. The SMILES string of the molecule is O=c1c2c(-c3ccccc3)csc2ncn1Cc1cccc(C(F)(F)F)c1. The minimum Gasteiger partial charge on any atom is -0.294 e. The number of alkyl halides is 3. The molecule has 27 heavy (non-hydrogen) atoms. The third-order valence-electron chi connectivity index (χ3n) is 4.25. The summed E-state index contributed by atoms with van der Waals surface area (Å²) in [4.78, 5) is 17.9. The lowest BCUT2D eigenvalue weighted by Crippen LogP contribution is -2.21. The van der Waals surface area contributed by atoms with Gasteiger partial charge in [-0.2, -0.15) is 13.2 Å². The van der Waals surface area contributed by atoms with Crippen molar-refractivity contribution in [1.82, 2.24) is 9.55 Å². The smallest absolute Gasteiger partial charge is 0.294 e. The molecule has 2 aromatic carbocycles. The molecule has 4 aromatic rings. The van der Waals surface area contributed by atoms with Crippen molar-refractivity contribution in [2.75, 3.05) is 0 Å². The summed E-state index contributed by atoms with van der Waals surface area (Å²) in [6, 6.07) is 14.5. The van der Waals surface area contributed by atoms with Crippen molar-refractivity contribution >= 4 is 21.6 Å². The molecule has 0 fully saturated rings. The quantitative estimate of drug-likeness (QED) is 0.486. The van der Waals surface area contributed by atoms with Gasteiger partial charge in [-0.25, -0.2) is 4.98 Å². The van der Waals surface area contributed by atoms with Gasteiger partial charge >= 0.3 is 6.18 Å². The molecule has 0 bridgehead atoms. The maximum absolute atomic E-state index is 13.0. The maximum Gasteiger partial charge on any atom is 0.416 e. The third-order valence-corrected chi connectivity index (χ3v) is 5.14. The van der Waals surface area contributed by atoms with Gasteiger partial charge in [0.25, 0.3) is 5.56 Å². The molecule has 2 aromatic heterocycles. The topological polar surface area (TPSA) is 34.9 Å². The summed E-state index contributed by atoms with van der Waals surface area (Å²) < 4.78 is 40.1. The fourth-order valence-electron chi connectivity index (χ4n) is 2.95. The van der Waals surface area contributed by atoms with Crippen LogP contribution < -0.4 is 5.56 Å². The van der Waals surface area contributed by atoms with Crippen LogP contribution in [0, 0.1) is 0 Å². The lowest BCUT2D eigenvalue weighted by Gasteiger charge is -2.10. The van der Waals surface area contributed by atoms with Crippen LogP contribution in [0.25, 0.3) is 21.3 Å². The summed E-state index contributed by atoms with van der Waals surface area (Å²) in [7, 11) is 0. The first-order chi connectivity index (χ1) is 12.9. The molecule has 0 radical (unpaired) electrons. The van der Waals surface area contributed by atoms with E-state index < -0.39 is 11.7 Å². The van der Waals surface area contributed by atoms with Gasteiger partial charge in [-0.1, -0.05) is 42.5 Å². The monoisotopic (exact) mass is 386 g/mol. The molecule has 0 N–H and O–H groups in total. The summed E-state index contributed by atoms with van der Waals surface area (Å²) in [5.41, 5.74) is 1.08. The molecule has 0 aliphatic rings. The van der Waals surface area contributed by atoms with Crippen LogP contribution in [0.1, 0.15) is 11.1 Å². The van der Waals surface area contributed by atoms with Crippen LogP contribution in [0.3, 0.4) is 0 Å². The molecule has 136 valence electrons. The highest BCUT2D eigenvalue weighted by Crippen LogP contribution is 2.31. The lowest BCUT2D eigenvalue weighted by atomic mass is 10.1. The minimum absolute atomic E-state index is 0.0236. The first-order valence-corrected chi connectivity index (χ1v) is 8.99. The van der Waals surface area contributed by atoms with Crippen molar-refractivity contribution in [1.29, 1.82) is 0 Å². The first kappa shape index (κ1) is 17.5. The van der Waals surface area contributed by atoms with Gasteiger partial charge in [0.15, 0.2) is 0 Å². The number of hydrogen-bond donors (Lipinski definition) is 0. The van der Waals surface area contributed by atoms with E-state index in [-0.39, 0.29) is 12.1 Å². The average molecular weight is 386 g/mol. The number of hydrogen-bond acceptors (Lipinski definition) is 3. The number of nitrogens with zero attached hydrogens (tertiary/aromatic N) is 2. The number of benzene rings is 2. The van der Waals surface area contributed by atoms with E-state index in [1.54, 1.807) is 6.07 Å². The molecule has 0 saturated heterocycles. The Morgan fingerprint density at radius 2 is 1.81 bits per heavy atom. The predicted molar refractivity (Wildman–Crippen MR) is 99.9 cm³/mol. The van der Waals surface area contributed by atoms with Crippen molar-refractivity contribution in [3.05, 3.63) is 87.8 Å². The van der Waals surface area contributed by atoms with E-state index in [2.05, 4.69) is 4.98 Å². The number of aromatic nitrogens is 2. The Labute approximate surface area is 156 Å². The van der Waals surface area contributed by atoms with E-state index in [9.17, 15) is 18.0 Å². The van der Waals surface area contributed by atoms with Crippen LogP contribution >= 0.6 is 11.3 Å². The van der Waals surface area contributed by atoms with Crippen LogP contribution in [0.15, 0.2) is 71.1 Å². The second-order valence-corrected chi connectivity index (χ2v) is 6.93.